The summed E-state index contributed by atoms with van der Waals surface area (Å²) < 4.78 is 0. The maximum absolute atomic E-state index is 11.7. The van der Waals surface area contributed by atoms with E-state index in [1.807, 2.05) is 17.0 Å². The van der Waals surface area contributed by atoms with Gasteiger partial charge in [-0.3, -0.25) is 4.79 Å². The average molecular weight is 229 g/mol. The van der Waals surface area contributed by atoms with Crippen molar-refractivity contribution < 1.29 is 4.79 Å². The second-order valence-electron chi connectivity index (χ2n) is 4.53. The number of benzene rings is 1. The van der Waals surface area contributed by atoms with Gasteiger partial charge in [0.25, 0.3) is 0 Å². The molecule has 0 aliphatic carbocycles. The zero-order valence-corrected chi connectivity index (χ0v) is 9.65. The van der Waals surface area contributed by atoms with Gasteiger partial charge in [-0.05, 0) is 30.5 Å². The van der Waals surface area contributed by atoms with E-state index < -0.39 is 0 Å². The summed E-state index contributed by atoms with van der Waals surface area (Å²) in [5.41, 5.74) is 3.17. The molecule has 0 unspecified atom stereocenters. The van der Waals surface area contributed by atoms with Crippen LogP contribution in [0, 0.1) is 0 Å². The van der Waals surface area contributed by atoms with Gasteiger partial charge in [0.1, 0.15) is 0 Å². The van der Waals surface area contributed by atoms with Crippen molar-refractivity contribution in [3.8, 4) is 0 Å². The van der Waals surface area contributed by atoms with E-state index in [-0.39, 0.29) is 5.91 Å². The van der Waals surface area contributed by atoms with Crippen molar-refractivity contribution in [2.45, 2.75) is 25.8 Å². The third-order valence-electron chi connectivity index (χ3n) is 3.28. The first kappa shape index (κ1) is 10.3. The standard InChI is InChI=1S/C13H15N3O/c17-13-3-1-2-6-16(13)8-10-4-5-11-12(7-10)15-9-14-11/h4-5,7,9H,1-3,6,8H2,(H,14,15). The number of aromatic nitrogens is 2. The number of amides is 1. The van der Waals surface area contributed by atoms with Crippen LogP contribution in [0.3, 0.4) is 0 Å². The van der Waals surface area contributed by atoms with Gasteiger partial charge in [-0.15, -0.1) is 0 Å². The first-order chi connectivity index (χ1) is 8.33. The van der Waals surface area contributed by atoms with Crippen molar-refractivity contribution in [1.29, 1.82) is 0 Å². The summed E-state index contributed by atoms with van der Waals surface area (Å²) in [4.78, 5) is 20.9. The molecule has 0 atom stereocenters. The van der Waals surface area contributed by atoms with Crippen LogP contribution in [0.25, 0.3) is 11.0 Å². The van der Waals surface area contributed by atoms with E-state index in [4.69, 9.17) is 0 Å². The first-order valence-electron chi connectivity index (χ1n) is 6.03. The van der Waals surface area contributed by atoms with Crippen LogP contribution in [0.1, 0.15) is 24.8 Å². The number of aromatic amines is 1. The van der Waals surface area contributed by atoms with Crippen molar-refractivity contribution in [1.82, 2.24) is 14.9 Å². The number of piperidine rings is 1. The largest absolute Gasteiger partial charge is 0.345 e. The topological polar surface area (TPSA) is 49.0 Å². The summed E-state index contributed by atoms with van der Waals surface area (Å²) in [5.74, 6) is 0.279. The fourth-order valence-electron chi connectivity index (χ4n) is 2.33. The molecule has 1 fully saturated rings. The van der Waals surface area contributed by atoms with Crippen LogP contribution in [-0.4, -0.2) is 27.3 Å². The van der Waals surface area contributed by atoms with Crippen molar-refractivity contribution in [2.24, 2.45) is 0 Å². The maximum atomic E-state index is 11.7. The molecule has 1 aromatic carbocycles. The average Bonchev–Trinajstić information content (AvgIpc) is 2.79. The van der Waals surface area contributed by atoms with E-state index in [9.17, 15) is 4.79 Å². The lowest BCUT2D eigenvalue weighted by molar-refractivity contribution is -0.133. The smallest absolute Gasteiger partial charge is 0.222 e. The van der Waals surface area contributed by atoms with Gasteiger partial charge in [-0.2, -0.15) is 0 Å². The van der Waals surface area contributed by atoms with Crippen LogP contribution in [-0.2, 0) is 11.3 Å². The Morgan fingerprint density at radius 1 is 1.35 bits per heavy atom. The fourth-order valence-corrected chi connectivity index (χ4v) is 2.33. The van der Waals surface area contributed by atoms with Gasteiger partial charge in [0.2, 0.25) is 5.91 Å². The normalized spacial score (nSPS) is 16.7. The number of H-pyrrole nitrogens is 1. The van der Waals surface area contributed by atoms with Crippen LogP contribution in [0.4, 0.5) is 0 Å². The van der Waals surface area contributed by atoms with E-state index in [1.54, 1.807) is 6.33 Å². The molecule has 1 aliphatic heterocycles. The lowest BCUT2D eigenvalue weighted by atomic mass is 10.1. The van der Waals surface area contributed by atoms with Gasteiger partial charge in [-0.1, -0.05) is 6.07 Å². The lowest BCUT2D eigenvalue weighted by Gasteiger charge is -2.26. The molecule has 4 nitrogen and oxygen atoms in total. The van der Waals surface area contributed by atoms with E-state index in [0.29, 0.717) is 13.0 Å². The summed E-state index contributed by atoms with van der Waals surface area (Å²) in [7, 11) is 0. The Morgan fingerprint density at radius 2 is 2.29 bits per heavy atom. The van der Waals surface area contributed by atoms with Crippen molar-refractivity contribution in [3.63, 3.8) is 0 Å². The van der Waals surface area contributed by atoms with Crippen molar-refractivity contribution in [2.75, 3.05) is 6.54 Å². The Labute approximate surface area is 99.6 Å². The molecule has 0 radical (unpaired) electrons. The number of carbonyl (C=O) groups is 1. The van der Waals surface area contributed by atoms with Crippen LogP contribution >= 0.6 is 0 Å². The lowest BCUT2D eigenvalue weighted by Crippen LogP contribution is -2.34. The van der Waals surface area contributed by atoms with Gasteiger partial charge in [0, 0.05) is 19.5 Å². The van der Waals surface area contributed by atoms with Crippen LogP contribution < -0.4 is 0 Å². The highest BCUT2D eigenvalue weighted by atomic mass is 16.2. The van der Waals surface area contributed by atoms with Crippen LogP contribution in [0.15, 0.2) is 24.5 Å². The molecule has 0 saturated carbocycles. The second kappa shape index (κ2) is 4.20. The predicted octanol–water partition coefficient (Wildman–Crippen LogP) is 2.08. The molecule has 2 aromatic rings. The highest BCUT2D eigenvalue weighted by molar-refractivity contribution is 5.77. The van der Waals surface area contributed by atoms with Gasteiger partial charge in [0.15, 0.2) is 0 Å². The van der Waals surface area contributed by atoms with Crippen LogP contribution in [0.5, 0.6) is 0 Å². The third kappa shape index (κ3) is 2.02. The monoisotopic (exact) mass is 229 g/mol. The molecule has 1 N–H and O–H groups in total. The van der Waals surface area contributed by atoms with Gasteiger partial charge < -0.3 is 9.88 Å². The summed E-state index contributed by atoms with van der Waals surface area (Å²) >= 11 is 0. The number of nitrogens with one attached hydrogen (secondary N) is 1. The Bertz CT molecular complexity index is 546. The van der Waals surface area contributed by atoms with Crippen molar-refractivity contribution in [3.05, 3.63) is 30.1 Å². The summed E-state index contributed by atoms with van der Waals surface area (Å²) in [5, 5.41) is 0. The SMILES string of the molecule is O=C1CCCCN1Cc1ccc2nc[nH]c2c1. The number of likely N-dealkylation sites (tertiary alicyclic amines) is 1. The summed E-state index contributed by atoms with van der Waals surface area (Å²) in [6, 6.07) is 6.12. The summed E-state index contributed by atoms with van der Waals surface area (Å²) in [6.07, 6.45) is 4.56. The molecule has 88 valence electrons. The Kier molecular flexibility index (Phi) is 2.55. The molecule has 3 rings (SSSR count). The fraction of sp³-hybridized carbons (Fsp3) is 0.385. The molecule has 1 aliphatic rings. The van der Waals surface area contributed by atoms with E-state index in [0.717, 1.165) is 36.0 Å². The molecule has 0 bridgehead atoms. The minimum atomic E-state index is 0.279. The van der Waals surface area contributed by atoms with Gasteiger partial charge in [0.05, 0.1) is 17.4 Å². The molecule has 1 amide bonds. The summed E-state index contributed by atoms with van der Waals surface area (Å²) in [6.45, 7) is 1.60. The number of fused-ring (bicyclic) bond motifs is 1. The number of rotatable bonds is 2. The molecule has 1 aromatic heterocycles. The minimum Gasteiger partial charge on any atom is -0.345 e. The first-order valence-corrected chi connectivity index (χ1v) is 6.03. The van der Waals surface area contributed by atoms with E-state index in [2.05, 4.69) is 16.0 Å². The third-order valence-corrected chi connectivity index (χ3v) is 3.28. The molecule has 17 heavy (non-hydrogen) atoms. The Morgan fingerprint density at radius 3 is 3.18 bits per heavy atom. The highest BCUT2D eigenvalue weighted by Gasteiger charge is 2.17. The zero-order chi connectivity index (χ0) is 11.7. The molecular weight excluding hydrogens is 214 g/mol. The highest BCUT2D eigenvalue weighted by Crippen LogP contribution is 2.17. The number of nitrogens with zero attached hydrogens (tertiary/aromatic N) is 2. The molecule has 1 saturated heterocycles. The number of carbonyl (C=O) groups excluding carboxylic acids is 1. The van der Waals surface area contributed by atoms with Gasteiger partial charge in [-0.25, -0.2) is 4.98 Å². The molecule has 2 heterocycles. The van der Waals surface area contributed by atoms with E-state index in [1.165, 1.54) is 0 Å². The maximum Gasteiger partial charge on any atom is 0.222 e. The van der Waals surface area contributed by atoms with Crippen molar-refractivity contribution >= 4 is 16.9 Å². The second-order valence-corrected chi connectivity index (χ2v) is 4.53. The molecule has 4 heteroatoms. The zero-order valence-electron chi connectivity index (χ0n) is 9.65. The number of hydrogen-bond donors (Lipinski definition) is 1. The van der Waals surface area contributed by atoms with Crippen LogP contribution in [0.2, 0.25) is 0 Å². The van der Waals surface area contributed by atoms with E-state index >= 15 is 0 Å². The number of hydrogen-bond acceptors (Lipinski definition) is 2. The minimum absolute atomic E-state index is 0.279. The number of imidazole rings is 1. The predicted molar refractivity (Wildman–Crippen MR) is 65.4 cm³/mol. The quantitative estimate of drug-likeness (QED) is 0.857. The van der Waals surface area contributed by atoms with Gasteiger partial charge >= 0.3 is 0 Å². The Balaban J connectivity index is 1.81. The molecular formula is C13H15N3O. The molecule has 0 spiro atoms. The Hall–Kier alpha value is -1.84.